The number of hydrogen-bond donors (Lipinski definition) is 1. The smallest absolute Gasteiger partial charge is 0.137 e. The van der Waals surface area contributed by atoms with Crippen molar-refractivity contribution in [3.8, 4) is 10.6 Å². The zero-order valence-corrected chi connectivity index (χ0v) is 11.9. The van der Waals surface area contributed by atoms with Crippen molar-refractivity contribution in [3.05, 3.63) is 47.1 Å². The largest absolute Gasteiger partial charge is 0.330 e. The van der Waals surface area contributed by atoms with E-state index in [1.54, 1.807) is 11.3 Å². The lowest BCUT2D eigenvalue weighted by Crippen LogP contribution is -2.12. The van der Waals surface area contributed by atoms with Crippen LogP contribution in [0.1, 0.15) is 24.2 Å². The number of nitrogens with two attached hydrogens (primary N) is 1. The van der Waals surface area contributed by atoms with Gasteiger partial charge < -0.3 is 10.1 Å². The normalized spacial score (nSPS) is 13.0. The molecular formula is C15H17N3S. The predicted octanol–water partition coefficient (Wildman–Crippen LogP) is 3.43. The summed E-state index contributed by atoms with van der Waals surface area (Å²) in [5, 5.41) is 2.09. The first-order valence-electron chi connectivity index (χ1n) is 6.44. The molecule has 0 radical (unpaired) electrons. The van der Waals surface area contributed by atoms with Crippen molar-refractivity contribution < 1.29 is 0 Å². The molecule has 0 bridgehead atoms. The SMILES string of the molecule is Cc1cccc2nc(-c3cccs3)c(C(C)CN)n12. The molecule has 0 saturated heterocycles. The lowest BCUT2D eigenvalue weighted by atomic mass is 10.1. The number of fused-ring (bicyclic) bond motifs is 1. The number of aromatic nitrogens is 2. The highest BCUT2D eigenvalue weighted by Crippen LogP contribution is 2.33. The first-order valence-corrected chi connectivity index (χ1v) is 7.32. The van der Waals surface area contributed by atoms with Crippen LogP contribution in [0.4, 0.5) is 0 Å². The molecule has 0 amide bonds. The molecule has 3 rings (SSSR count). The minimum absolute atomic E-state index is 0.285. The predicted molar refractivity (Wildman–Crippen MR) is 80.7 cm³/mol. The van der Waals surface area contributed by atoms with E-state index in [1.165, 1.54) is 16.3 Å². The second-order valence-corrected chi connectivity index (χ2v) is 5.77. The van der Waals surface area contributed by atoms with Crippen LogP contribution in [0.5, 0.6) is 0 Å². The van der Waals surface area contributed by atoms with Crippen molar-refractivity contribution >= 4 is 17.0 Å². The van der Waals surface area contributed by atoms with Gasteiger partial charge in [0.25, 0.3) is 0 Å². The van der Waals surface area contributed by atoms with Crippen LogP contribution >= 0.6 is 11.3 Å². The van der Waals surface area contributed by atoms with Gasteiger partial charge in [0.05, 0.1) is 10.6 Å². The number of nitrogens with zero attached hydrogens (tertiary/aromatic N) is 2. The standard InChI is InChI=1S/C15H17N3S/c1-10(9-16)15-14(12-6-4-8-19-12)17-13-7-3-5-11(2)18(13)15/h3-8,10H,9,16H2,1-2H3. The third-order valence-electron chi connectivity index (χ3n) is 3.45. The molecular weight excluding hydrogens is 254 g/mol. The number of thiophene rings is 1. The van der Waals surface area contributed by atoms with Gasteiger partial charge >= 0.3 is 0 Å². The second kappa shape index (κ2) is 4.79. The van der Waals surface area contributed by atoms with Crippen LogP contribution in [-0.2, 0) is 0 Å². The highest BCUT2D eigenvalue weighted by atomic mass is 32.1. The molecule has 98 valence electrons. The topological polar surface area (TPSA) is 43.3 Å². The van der Waals surface area contributed by atoms with Crippen molar-refractivity contribution in [3.63, 3.8) is 0 Å². The van der Waals surface area contributed by atoms with Crippen molar-refractivity contribution in [1.82, 2.24) is 9.38 Å². The summed E-state index contributed by atoms with van der Waals surface area (Å²) >= 11 is 1.72. The van der Waals surface area contributed by atoms with E-state index >= 15 is 0 Å². The van der Waals surface area contributed by atoms with Gasteiger partial charge in [-0.1, -0.05) is 19.1 Å². The molecule has 0 aromatic carbocycles. The molecule has 1 atom stereocenters. The Hall–Kier alpha value is -1.65. The molecule has 3 aromatic heterocycles. The summed E-state index contributed by atoms with van der Waals surface area (Å²) in [6.45, 7) is 4.90. The Bertz CT molecular complexity index is 698. The van der Waals surface area contributed by atoms with Crippen molar-refractivity contribution in [2.75, 3.05) is 6.54 Å². The van der Waals surface area contributed by atoms with Crippen molar-refractivity contribution in [1.29, 1.82) is 0 Å². The van der Waals surface area contributed by atoms with Crippen LogP contribution in [0.2, 0.25) is 0 Å². The average Bonchev–Trinajstić information content (AvgIpc) is 3.04. The van der Waals surface area contributed by atoms with Gasteiger partial charge in [0.2, 0.25) is 0 Å². The Kier molecular flexibility index (Phi) is 3.12. The maximum Gasteiger partial charge on any atom is 0.137 e. The lowest BCUT2D eigenvalue weighted by molar-refractivity contribution is 0.733. The number of hydrogen-bond acceptors (Lipinski definition) is 3. The van der Waals surface area contributed by atoms with E-state index < -0.39 is 0 Å². The molecule has 0 saturated carbocycles. The molecule has 1 unspecified atom stereocenters. The van der Waals surface area contributed by atoms with Gasteiger partial charge in [-0.05, 0) is 30.5 Å². The van der Waals surface area contributed by atoms with E-state index in [9.17, 15) is 0 Å². The molecule has 3 aromatic rings. The zero-order valence-electron chi connectivity index (χ0n) is 11.1. The van der Waals surface area contributed by atoms with Gasteiger partial charge in [0.1, 0.15) is 11.3 Å². The molecule has 0 aliphatic carbocycles. The van der Waals surface area contributed by atoms with Crippen LogP contribution in [0.3, 0.4) is 0 Å². The summed E-state index contributed by atoms with van der Waals surface area (Å²) in [6.07, 6.45) is 0. The van der Waals surface area contributed by atoms with E-state index in [0.717, 1.165) is 11.3 Å². The molecule has 0 fully saturated rings. The van der Waals surface area contributed by atoms with Gasteiger partial charge in [-0.15, -0.1) is 11.3 Å². The highest BCUT2D eigenvalue weighted by Gasteiger charge is 2.19. The van der Waals surface area contributed by atoms with E-state index in [2.05, 4.69) is 47.9 Å². The third kappa shape index (κ3) is 1.97. The van der Waals surface area contributed by atoms with E-state index in [-0.39, 0.29) is 5.92 Å². The van der Waals surface area contributed by atoms with Crippen LogP contribution in [0.15, 0.2) is 35.7 Å². The molecule has 3 nitrogen and oxygen atoms in total. The lowest BCUT2D eigenvalue weighted by Gasteiger charge is -2.12. The quantitative estimate of drug-likeness (QED) is 0.793. The summed E-state index contributed by atoms with van der Waals surface area (Å²) < 4.78 is 2.23. The van der Waals surface area contributed by atoms with Crippen molar-refractivity contribution in [2.24, 2.45) is 5.73 Å². The molecule has 3 heterocycles. The van der Waals surface area contributed by atoms with Crippen LogP contribution in [0.25, 0.3) is 16.2 Å². The fraction of sp³-hybridized carbons (Fsp3) is 0.267. The van der Waals surface area contributed by atoms with Crippen LogP contribution in [-0.4, -0.2) is 15.9 Å². The molecule has 2 N–H and O–H groups in total. The van der Waals surface area contributed by atoms with E-state index in [1.807, 2.05) is 6.07 Å². The molecule has 4 heteroatoms. The van der Waals surface area contributed by atoms with Gasteiger partial charge in [0, 0.05) is 18.2 Å². The summed E-state index contributed by atoms with van der Waals surface area (Å²) in [4.78, 5) is 6.01. The third-order valence-corrected chi connectivity index (χ3v) is 4.33. The van der Waals surface area contributed by atoms with Gasteiger partial charge in [-0.3, -0.25) is 0 Å². The monoisotopic (exact) mass is 271 g/mol. The number of rotatable bonds is 3. The Labute approximate surface area is 116 Å². The zero-order chi connectivity index (χ0) is 13.4. The summed E-state index contributed by atoms with van der Waals surface area (Å²) in [5.74, 6) is 0.285. The van der Waals surface area contributed by atoms with E-state index in [0.29, 0.717) is 6.54 Å². The Balaban J connectivity index is 2.35. The number of imidazole rings is 1. The first-order chi connectivity index (χ1) is 9.22. The summed E-state index contributed by atoms with van der Waals surface area (Å²) in [6, 6.07) is 10.4. The molecule has 19 heavy (non-hydrogen) atoms. The summed E-state index contributed by atoms with van der Waals surface area (Å²) in [5.41, 5.74) is 10.4. The second-order valence-electron chi connectivity index (χ2n) is 4.82. The summed E-state index contributed by atoms with van der Waals surface area (Å²) in [7, 11) is 0. The maximum absolute atomic E-state index is 5.89. The Morgan fingerprint density at radius 1 is 1.32 bits per heavy atom. The maximum atomic E-state index is 5.89. The first kappa shape index (κ1) is 12.4. The fourth-order valence-corrected chi connectivity index (χ4v) is 3.16. The Morgan fingerprint density at radius 2 is 2.16 bits per heavy atom. The minimum atomic E-state index is 0.285. The van der Waals surface area contributed by atoms with Crippen LogP contribution in [0, 0.1) is 6.92 Å². The highest BCUT2D eigenvalue weighted by molar-refractivity contribution is 7.13. The van der Waals surface area contributed by atoms with Crippen molar-refractivity contribution in [2.45, 2.75) is 19.8 Å². The average molecular weight is 271 g/mol. The Morgan fingerprint density at radius 3 is 2.84 bits per heavy atom. The van der Waals surface area contributed by atoms with Gasteiger partial charge in [-0.2, -0.15) is 0 Å². The van der Waals surface area contributed by atoms with E-state index in [4.69, 9.17) is 10.7 Å². The van der Waals surface area contributed by atoms with Gasteiger partial charge in [0.15, 0.2) is 0 Å². The molecule has 0 spiro atoms. The number of aryl methyl sites for hydroxylation is 1. The number of pyridine rings is 1. The fourth-order valence-electron chi connectivity index (χ4n) is 2.44. The van der Waals surface area contributed by atoms with Gasteiger partial charge in [-0.25, -0.2) is 4.98 Å². The van der Waals surface area contributed by atoms with Crippen LogP contribution < -0.4 is 5.73 Å². The molecule has 0 aliphatic heterocycles. The molecule has 0 aliphatic rings. The minimum Gasteiger partial charge on any atom is -0.330 e.